The Morgan fingerprint density at radius 3 is 2.22 bits per heavy atom. The van der Waals surface area contributed by atoms with Crippen molar-refractivity contribution < 1.29 is 33.5 Å². The average Bonchev–Trinajstić information content (AvgIpc) is 2.84. The van der Waals surface area contributed by atoms with E-state index in [-0.39, 0.29) is 25.9 Å². The van der Waals surface area contributed by atoms with Crippen molar-refractivity contribution in [1.29, 1.82) is 0 Å². The van der Waals surface area contributed by atoms with Gasteiger partial charge in [-0.05, 0) is 27.2 Å². The van der Waals surface area contributed by atoms with Crippen LogP contribution in [0.1, 0.15) is 53.4 Å². The lowest BCUT2D eigenvalue weighted by molar-refractivity contribution is -0.198. The summed E-state index contributed by atoms with van der Waals surface area (Å²) < 4.78 is 5.10. The maximum Gasteiger partial charge on any atom is 0.407 e. The van der Waals surface area contributed by atoms with E-state index < -0.39 is 41.8 Å². The van der Waals surface area contributed by atoms with E-state index in [2.05, 4.69) is 5.32 Å². The predicted octanol–water partition coefficient (Wildman–Crippen LogP) is 0.747. The zero-order valence-corrected chi connectivity index (χ0v) is 16.2. The lowest BCUT2D eigenvalue weighted by Gasteiger charge is -2.23. The molecule has 152 valence electrons. The third kappa shape index (κ3) is 8.06. The molecule has 1 aliphatic rings. The fourth-order valence-corrected chi connectivity index (χ4v) is 2.27. The summed E-state index contributed by atoms with van der Waals surface area (Å²) in [5.41, 5.74) is -0.628. The summed E-state index contributed by atoms with van der Waals surface area (Å²) >= 11 is 0. The lowest BCUT2D eigenvalue weighted by Crippen LogP contribution is -2.42. The molecule has 0 spiro atoms. The van der Waals surface area contributed by atoms with Crippen LogP contribution in [0.15, 0.2) is 0 Å². The minimum atomic E-state index is -0.982. The Balaban J connectivity index is 2.47. The Kier molecular flexibility index (Phi) is 8.20. The van der Waals surface area contributed by atoms with E-state index in [0.717, 1.165) is 0 Å². The van der Waals surface area contributed by atoms with E-state index in [1.54, 1.807) is 20.8 Å². The van der Waals surface area contributed by atoms with E-state index in [9.17, 15) is 24.0 Å². The number of nitrogens with zero attached hydrogens (tertiary/aromatic N) is 2. The van der Waals surface area contributed by atoms with Gasteiger partial charge in [0.25, 0.3) is 11.8 Å². The number of rotatable bonds is 8. The molecule has 0 radical (unpaired) electrons. The summed E-state index contributed by atoms with van der Waals surface area (Å²) in [7, 11) is 0. The molecule has 0 aromatic rings. The van der Waals surface area contributed by atoms with Crippen molar-refractivity contribution in [1.82, 2.24) is 15.3 Å². The summed E-state index contributed by atoms with van der Waals surface area (Å²) in [6.45, 7) is 7.79. The molecule has 1 aliphatic heterocycles. The number of alkyl carbamates (subject to hydrolysis) is 1. The third-order valence-corrected chi connectivity index (χ3v) is 3.39. The van der Waals surface area contributed by atoms with Crippen LogP contribution in [0, 0.1) is 0 Å². The molecule has 0 unspecified atom stereocenters. The van der Waals surface area contributed by atoms with Crippen LogP contribution in [0.2, 0.25) is 0 Å². The SMILES string of the molecule is CCCN(CCNC(=O)OC(C)(C)C)C(=O)CC(=O)ON1C(=O)CCC1=O. The van der Waals surface area contributed by atoms with Gasteiger partial charge < -0.3 is 19.8 Å². The minimum Gasteiger partial charge on any atom is -0.444 e. The minimum absolute atomic E-state index is 0.0155. The first-order valence-electron chi connectivity index (χ1n) is 8.84. The molecule has 1 saturated heterocycles. The van der Waals surface area contributed by atoms with Gasteiger partial charge in [0.2, 0.25) is 5.91 Å². The van der Waals surface area contributed by atoms with Crippen LogP contribution in [0.5, 0.6) is 0 Å². The van der Waals surface area contributed by atoms with Crippen LogP contribution in [0.3, 0.4) is 0 Å². The Bertz CT molecular complexity index is 582. The molecule has 0 atom stereocenters. The smallest absolute Gasteiger partial charge is 0.407 e. The van der Waals surface area contributed by atoms with Crippen LogP contribution < -0.4 is 5.32 Å². The van der Waals surface area contributed by atoms with Gasteiger partial charge in [-0.2, -0.15) is 0 Å². The quantitative estimate of drug-likeness (QED) is 0.483. The van der Waals surface area contributed by atoms with Crippen molar-refractivity contribution >= 4 is 29.8 Å². The molecule has 1 N–H and O–H groups in total. The number of carbonyl (C=O) groups is 5. The van der Waals surface area contributed by atoms with Crippen LogP contribution >= 0.6 is 0 Å². The highest BCUT2D eigenvalue weighted by Gasteiger charge is 2.33. The van der Waals surface area contributed by atoms with Crippen LogP contribution in [-0.4, -0.2) is 65.0 Å². The Hall–Kier alpha value is -2.65. The van der Waals surface area contributed by atoms with Gasteiger partial charge in [-0.1, -0.05) is 6.92 Å². The van der Waals surface area contributed by atoms with Gasteiger partial charge in [0.05, 0.1) is 0 Å². The number of ether oxygens (including phenoxy) is 1. The van der Waals surface area contributed by atoms with Crippen molar-refractivity contribution in [2.75, 3.05) is 19.6 Å². The van der Waals surface area contributed by atoms with Crippen LogP contribution in [0.25, 0.3) is 0 Å². The first-order valence-corrected chi connectivity index (χ1v) is 8.84. The highest BCUT2D eigenvalue weighted by atomic mass is 16.7. The van der Waals surface area contributed by atoms with Crippen molar-refractivity contribution in [3.05, 3.63) is 0 Å². The normalized spacial score (nSPS) is 14.1. The molecule has 4 amide bonds. The molecule has 27 heavy (non-hydrogen) atoms. The Morgan fingerprint density at radius 2 is 1.70 bits per heavy atom. The second-order valence-electron chi connectivity index (χ2n) is 7.03. The van der Waals surface area contributed by atoms with Gasteiger partial charge in [-0.3, -0.25) is 14.4 Å². The molecule has 0 bridgehead atoms. The lowest BCUT2D eigenvalue weighted by atomic mass is 10.2. The number of carbonyl (C=O) groups excluding carboxylic acids is 5. The largest absolute Gasteiger partial charge is 0.444 e. The Labute approximate surface area is 158 Å². The van der Waals surface area contributed by atoms with E-state index >= 15 is 0 Å². The van der Waals surface area contributed by atoms with Crippen molar-refractivity contribution in [2.24, 2.45) is 0 Å². The molecule has 1 rings (SSSR count). The van der Waals surface area contributed by atoms with Crippen LogP contribution in [0.4, 0.5) is 4.79 Å². The fraction of sp³-hybridized carbons (Fsp3) is 0.706. The third-order valence-electron chi connectivity index (χ3n) is 3.39. The fourth-order valence-electron chi connectivity index (χ4n) is 2.27. The van der Waals surface area contributed by atoms with Crippen molar-refractivity contribution in [3.8, 4) is 0 Å². The van der Waals surface area contributed by atoms with Crippen molar-refractivity contribution in [2.45, 2.75) is 59.0 Å². The molecule has 0 saturated carbocycles. The van der Waals surface area contributed by atoms with E-state index in [1.165, 1.54) is 4.90 Å². The number of imide groups is 1. The van der Waals surface area contributed by atoms with Gasteiger partial charge in [0.1, 0.15) is 12.0 Å². The molecule has 10 heteroatoms. The number of amides is 4. The van der Waals surface area contributed by atoms with Gasteiger partial charge in [0, 0.05) is 32.5 Å². The predicted molar refractivity (Wildman–Crippen MR) is 92.9 cm³/mol. The maximum atomic E-state index is 12.3. The highest BCUT2D eigenvalue weighted by Crippen LogP contribution is 2.13. The Morgan fingerprint density at radius 1 is 1.11 bits per heavy atom. The molecule has 10 nitrogen and oxygen atoms in total. The van der Waals surface area contributed by atoms with Gasteiger partial charge in [-0.15, -0.1) is 5.06 Å². The molecular formula is C17H27N3O7. The average molecular weight is 385 g/mol. The van der Waals surface area contributed by atoms with E-state index in [4.69, 9.17) is 9.57 Å². The molecule has 0 aliphatic carbocycles. The monoisotopic (exact) mass is 385 g/mol. The number of hydroxylamine groups is 2. The summed E-state index contributed by atoms with van der Waals surface area (Å²) in [6.07, 6.45) is -0.590. The second-order valence-corrected chi connectivity index (χ2v) is 7.03. The van der Waals surface area contributed by atoms with E-state index in [1.807, 2.05) is 6.92 Å². The van der Waals surface area contributed by atoms with Gasteiger partial charge in [0.15, 0.2) is 0 Å². The first-order chi connectivity index (χ1) is 12.5. The maximum absolute atomic E-state index is 12.3. The molecule has 1 fully saturated rings. The van der Waals surface area contributed by atoms with E-state index in [0.29, 0.717) is 18.0 Å². The highest BCUT2D eigenvalue weighted by molar-refractivity contribution is 6.02. The van der Waals surface area contributed by atoms with Crippen LogP contribution in [-0.2, 0) is 28.8 Å². The zero-order chi connectivity index (χ0) is 20.6. The molecule has 1 heterocycles. The summed E-state index contributed by atoms with van der Waals surface area (Å²) in [5.74, 6) is -2.71. The topological polar surface area (TPSA) is 122 Å². The summed E-state index contributed by atoms with van der Waals surface area (Å²) in [5, 5.41) is 2.94. The number of hydrogen-bond acceptors (Lipinski definition) is 7. The molecule has 0 aromatic carbocycles. The standard InChI is InChI=1S/C17H27N3O7/c1-5-9-19(10-8-18-16(25)26-17(2,3)4)14(23)11-15(24)27-20-12(21)6-7-13(20)22/h5-11H2,1-4H3,(H,18,25). The summed E-state index contributed by atoms with van der Waals surface area (Å²) in [6, 6.07) is 0. The molecular weight excluding hydrogens is 358 g/mol. The van der Waals surface area contributed by atoms with Crippen molar-refractivity contribution in [3.63, 3.8) is 0 Å². The zero-order valence-electron chi connectivity index (χ0n) is 16.2. The number of nitrogens with one attached hydrogen (secondary N) is 1. The summed E-state index contributed by atoms with van der Waals surface area (Å²) in [4.78, 5) is 64.7. The van der Waals surface area contributed by atoms with Gasteiger partial charge in [-0.25, -0.2) is 9.59 Å². The molecule has 0 aromatic heterocycles. The number of hydrogen-bond donors (Lipinski definition) is 1. The van der Waals surface area contributed by atoms with Gasteiger partial charge >= 0.3 is 12.1 Å². The first kappa shape index (κ1) is 22.4. The second kappa shape index (κ2) is 9.89.